The van der Waals surface area contributed by atoms with Crippen LogP contribution < -0.4 is 21.3 Å². The molecule has 0 aliphatic carbocycles. The third-order valence-electron chi connectivity index (χ3n) is 2.17. The first kappa shape index (κ1) is 13.8. The van der Waals surface area contributed by atoms with Crippen molar-refractivity contribution in [2.24, 2.45) is 5.84 Å². The second kappa shape index (κ2) is 5.57. The van der Waals surface area contributed by atoms with Gasteiger partial charge in [0.25, 0.3) is 0 Å². The van der Waals surface area contributed by atoms with Crippen molar-refractivity contribution >= 4 is 17.6 Å². The lowest BCUT2D eigenvalue weighted by atomic mass is 10.3. The van der Waals surface area contributed by atoms with E-state index in [4.69, 9.17) is 10.6 Å². The Bertz CT molecular complexity index is 593. The van der Waals surface area contributed by atoms with Crippen molar-refractivity contribution in [2.75, 3.05) is 17.9 Å². The van der Waals surface area contributed by atoms with Crippen molar-refractivity contribution in [2.45, 2.75) is 0 Å². The van der Waals surface area contributed by atoms with Gasteiger partial charge in [0.1, 0.15) is 11.5 Å². The van der Waals surface area contributed by atoms with Crippen LogP contribution in [0.1, 0.15) is 0 Å². The fraction of sp³-hybridized carbons (Fsp3) is 0.100. The second-order valence-corrected chi connectivity index (χ2v) is 3.48. The molecule has 0 aliphatic rings. The van der Waals surface area contributed by atoms with Crippen LogP contribution in [0.5, 0.6) is 6.01 Å². The number of anilines is 3. The third-order valence-corrected chi connectivity index (χ3v) is 2.17. The van der Waals surface area contributed by atoms with Gasteiger partial charge in [-0.15, -0.1) is 0 Å². The molecule has 10 heteroatoms. The number of rotatable bonds is 4. The van der Waals surface area contributed by atoms with Crippen molar-refractivity contribution in [1.29, 1.82) is 0 Å². The molecule has 2 aromatic rings. The normalized spacial score (nSPS) is 10.2. The number of ether oxygens (including phenoxy) is 1. The number of hydrazine groups is 1. The average Bonchev–Trinajstić information content (AvgIpc) is 2.42. The summed E-state index contributed by atoms with van der Waals surface area (Å²) in [4.78, 5) is 11.1. The topological polar surface area (TPSA) is 98.0 Å². The van der Waals surface area contributed by atoms with Gasteiger partial charge in [0.05, 0.1) is 7.11 Å². The summed E-state index contributed by atoms with van der Waals surface area (Å²) in [6, 6.07) is 0.913. The largest absolute Gasteiger partial charge is 0.467 e. The van der Waals surface area contributed by atoms with Crippen molar-refractivity contribution in [1.82, 2.24) is 15.0 Å². The Morgan fingerprint density at radius 2 is 1.65 bits per heavy atom. The summed E-state index contributed by atoms with van der Waals surface area (Å²) in [5.74, 6) is 1.51. The fourth-order valence-corrected chi connectivity index (χ4v) is 1.34. The van der Waals surface area contributed by atoms with E-state index >= 15 is 0 Å². The zero-order chi connectivity index (χ0) is 14.7. The lowest BCUT2D eigenvalue weighted by molar-refractivity contribution is 0.379. The van der Waals surface area contributed by atoms with Crippen LogP contribution in [0.4, 0.5) is 30.8 Å². The minimum absolute atomic E-state index is 0.0812. The molecule has 0 radical (unpaired) electrons. The van der Waals surface area contributed by atoms with Crippen molar-refractivity contribution in [3.8, 4) is 6.01 Å². The first-order valence-corrected chi connectivity index (χ1v) is 5.21. The second-order valence-electron chi connectivity index (χ2n) is 3.48. The number of nitrogens with zero attached hydrogens (tertiary/aromatic N) is 3. The number of methoxy groups -OCH3 is 1. The van der Waals surface area contributed by atoms with E-state index in [1.165, 1.54) is 7.11 Å². The Kier molecular flexibility index (Phi) is 3.84. The maximum Gasteiger partial charge on any atom is 0.322 e. The van der Waals surface area contributed by atoms with E-state index in [0.29, 0.717) is 12.1 Å². The molecule has 0 aliphatic heterocycles. The summed E-state index contributed by atoms with van der Waals surface area (Å²) < 4.78 is 44.5. The molecule has 1 aromatic heterocycles. The molecule has 0 spiro atoms. The molecule has 0 saturated carbocycles. The van der Waals surface area contributed by atoms with Gasteiger partial charge in [-0.05, 0) is 0 Å². The number of benzene rings is 1. The lowest BCUT2D eigenvalue weighted by Crippen LogP contribution is -2.13. The van der Waals surface area contributed by atoms with Gasteiger partial charge in [0.2, 0.25) is 11.9 Å². The first-order valence-electron chi connectivity index (χ1n) is 5.21. The monoisotopic (exact) mass is 286 g/mol. The smallest absolute Gasteiger partial charge is 0.322 e. The number of nitrogens with two attached hydrogens (primary N) is 1. The van der Waals surface area contributed by atoms with Gasteiger partial charge in [-0.3, -0.25) is 5.43 Å². The minimum atomic E-state index is -1.14. The summed E-state index contributed by atoms with van der Waals surface area (Å²) >= 11 is 0. The molecule has 0 atom stereocenters. The fourth-order valence-electron chi connectivity index (χ4n) is 1.34. The molecule has 0 unspecified atom stereocenters. The van der Waals surface area contributed by atoms with Crippen LogP contribution in [0.25, 0.3) is 0 Å². The zero-order valence-electron chi connectivity index (χ0n) is 10.1. The van der Waals surface area contributed by atoms with E-state index in [9.17, 15) is 13.2 Å². The van der Waals surface area contributed by atoms with Crippen LogP contribution >= 0.6 is 0 Å². The van der Waals surface area contributed by atoms with Gasteiger partial charge < -0.3 is 10.1 Å². The van der Waals surface area contributed by atoms with Gasteiger partial charge in [0, 0.05) is 12.1 Å². The van der Waals surface area contributed by atoms with Crippen LogP contribution in [-0.2, 0) is 0 Å². The summed E-state index contributed by atoms with van der Waals surface area (Å²) in [6.07, 6.45) is 0. The Hall–Kier alpha value is -2.62. The zero-order valence-corrected chi connectivity index (χ0v) is 10.1. The van der Waals surface area contributed by atoms with E-state index in [-0.39, 0.29) is 17.9 Å². The van der Waals surface area contributed by atoms with E-state index in [2.05, 4.69) is 25.7 Å². The van der Waals surface area contributed by atoms with Crippen LogP contribution in [0, 0.1) is 17.5 Å². The average molecular weight is 286 g/mol. The van der Waals surface area contributed by atoms with Crippen molar-refractivity contribution in [3.05, 3.63) is 29.6 Å². The molecule has 0 fully saturated rings. The Balaban J connectivity index is 2.39. The SMILES string of the molecule is COc1nc(NN)nc(Nc2c(F)cc(F)cc2F)n1. The van der Waals surface area contributed by atoms with Gasteiger partial charge in [-0.25, -0.2) is 19.0 Å². The molecule has 7 nitrogen and oxygen atoms in total. The van der Waals surface area contributed by atoms with E-state index in [1.807, 2.05) is 0 Å². The number of nitrogens with one attached hydrogen (secondary N) is 2. The molecule has 0 saturated heterocycles. The van der Waals surface area contributed by atoms with Crippen LogP contribution in [-0.4, -0.2) is 22.1 Å². The quantitative estimate of drug-likeness (QED) is 0.576. The highest BCUT2D eigenvalue weighted by molar-refractivity contribution is 5.56. The van der Waals surface area contributed by atoms with Crippen LogP contribution in [0.3, 0.4) is 0 Å². The molecule has 1 aromatic carbocycles. The molecule has 106 valence electrons. The molecular formula is C10H9F3N6O. The van der Waals surface area contributed by atoms with E-state index < -0.39 is 23.1 Å². The number of aromatic nitrogens is 3. The summed E-state index contributed by atoms with van der Waals surface area (Å²) in [5.41, 5.74) is 1.53. The standard InChI is InChI=1S/C10H9F3N6O/c1-20-10-17-8(16-9(18-10)19-14)15-7-5(12)2-4(11)3-6(7)13/h2-3H,14H2,1H3,(H2,15,16,17,18,19). The predicted octanol–water partition coefficient (Wildman–Crippen LogP) is 1.33. The van der Waals surface area contributed by atoms with Crippen LogP contribution in [0.15, 0.2) is 12.1 Å². The van der Waals surface area contributed by atoms with Crippen molar-refractivity contribution < 1.29 is 17.9 Å². The maximum absolute atomic E-state index is 13.5. The Morgan fingerprint density at radius 3 is 2.20 bits per heavy atom. The number of nitrogen functional groups attached to an aromatic ring is 1. The highest BCUT2D eigenvalue weighted by Gasteiger charge is 2.14. The molecule has 20 heavy (non-hydrogen) atoms. The van der Waals surface area contributed by atoms with Gasteiger partial charge in [0.15, 0.2) is 11.6 Å². The third kappa shape index (κ3) is 2.85. The molecule has 1 heterocycles. The van der Waals surface area contributed by atoms with Gasteiger partial charge in [-0.1, -0.05) is 0 Å². The van der Waals surface area contributed by atoms with E-state index in [1.54, 1.807) is 0 Å². The predicted molar refractivity (Wildman–Crippen MR) is 63.8 cm³/mol. The molecule has 0 amide bonds. The number of hydrogen-bond donors (Lipinski definition) is 3. The summed E-state index contributed by atoms with van der Waals surface area (Å²) in [6.45, 7) is 0. The Morgan fingerprint density at radius 1 is 1.05 bits per heavy atom. The highest BCUT2D eigenvalue weighted by Crippen LogP contribution is 2.23. The van der Waals surface area contributed by atoms with E-state index in [0.717, 1.165) is 0 Å². The summed E-state index contributed by atoms with van der Waals surface area (Å²) in [5, 5.41) is 2.26. The van der Waals surface area contributed by atoms with Gasteiger partial charge >= 0.3 is 6.01 Å². The summed E-state index contributed by atoms with van der Waals surface area (Å²) in [7, 11) is 1.29. The molecule has 0 bridgehead atoms. The first-order chi connectivity index (χ1) is 9.53. The number of halogens is 3. The van der Waals surface area contributed by atoms with Crippen LogP contribution in [0.2, 0.25) is 0 Å². The molecule has 4 N–H and O–H groups in total. The molecular weight excluding hydrogens is 277 g/mol. The molecule has 2 rings (SSSR count). The Labute approximate surface area is 111 Å². The maximum atomic E-state index is 13.5. The highest BCUT2D eigenvalue weighted by atomic mass is 19.1. The van der Waals surface area contributed by atoms with Gasteiger partial charge in [-0.2, -0.15) is 15.0 Å². The number of hydrogen-bond acceptors (Lipinski definition) is 7. The lowest BCUT2D eigenvalue weighted by Gasteiger charge is -2.09. The minimum Gasteiger partial charge on any atom is -0.467 e. The van der Waals surface area contributed by atoms with Crippen molar-refractivity contribution in [3.63, 3.8) is 0 Å².